The molecule has 0 saturated carbocycles. The van der Waals surface area contributed by atoms with E-state index >= 15 is 0 Å². The molecular formula is C10H18N2OS. The Hall–Kier alpha value is -0.450. The van der Waals surface area contributed by atoms with Crippen LogP contribution in [0.4, 0.5) is 0 Å². The minimum absolute atomic E-state index is 0.150. The van der Waals surface area contributed by atoms with E-state index in [4.69, 9.17) is 10.5 Å². The van der Waals surface area contributed by atoms with Gasteiger partial charge in [0.05, 0.1) is 12.3 Å². The van der Waals surface area contributed by atoms with E-state index in [-0.39, 0.29) is 6.04 Å². The average molecular weight is 214 g/mol. The van der Waals surface area contributed by atoms with E-state index in [1.807, 2.05) is 13.8 Å². The molecule has 1 aromatic heterocycles. The molecule has 4 heteroatoms. The van der Waals surface area contributed by atoms with Gasteiger partial charge in [0.1, 0.15) is 5.01 Å². The fourth-order valence-corrected chi connectivity index (χ4v) is 1.89. The van der Waals surface area contributed by atoms with E-state index in [1.54, 1.807) is 11.3 Å². The molecule has 1 rings (SSSR count). The van der Waals surface area contributed by atoms with Crippen molar-refractivity contribution in [3.8, 4) is 0 Å². The van der Waals surface area contributed by atoms with Crippen LogP contribution in [0, 0.1) is 0 Å². The predicted molar refractivity (Wildman–Crippen MR) is 59.5 cm³/mol. The van der Waals surface area contributed by atoms with Gasteiger partial charge in [0.2, 0.25) is 0 Å². The lowest BCUT2D eigenvalue weighted by atomic mass is 10.0. The Bertz CT molecular complexity index is 273. The molecule has 0 amide bonds. The zero-order chi connectivity index (χ0) is 10.6. The maximum absolute atomic E-state index is 5.81. The number of hydrogen-bond acceptors (Lipinski definition) is 4. The lowest BCUT2D eigenvalue weighted by Gasteiger charge is -2.11. The third kappa shape index (κ3) is 3.04. The van der Waals surface area contributed by atoms with E-state index in [9.17, 15) is 0 Å². The van der Waals surface area contributed by atoms with Gasteiger partial charge in [-0.3, -0.25) is 0 Å². The second-order valence-electron chi connectivity index (χ2n) is 3.45. The third-order valence-corrected chi connectivity index (χ3v) is 3.09. The summed E-state index contributed by atoms with van der Waals surface area (Å²) in [5, 5.41) is 3.11. The Kier molecular flexibility index (Phi) is 4.51. The normalized spacial score (nSPS) is 15.4. The predicted octanol–water partition coefficient (Wildman–Crippen LogP) is 2.13. The Balaban J connectivity index is 2.58. The standard InChI is InChI=1S/C10H18N2OS/c1-4-13-5-10-12-9(6-14-10)7(2)8(3)11/h6-8H,4-5,11H2,1-3H3. The Labute approximate surface area is 89.3 Å². The summed E-state index contributed by atoms with van der Waals surface area (Å²) in [6.07, 6.45) is 0. The number of nitrogens with zero attached hydrogens (tertiary/aromatic N) is 1. The van der Waals surface area contributed by atoms with Gasteiger partial charge in [-0.25, -0.2) is 4.98 Å². The summed E-state index contributed by atoms with van der Waals surface area (Å²) in [6, 6.07) is 0.150. The second kappa shape index (κ2) is 5.44. The van der Waals surface area contributed by atoms with Crippen molar-refractivity contribution in [2.45, 2.75) is 39.3 Å². The molecule has 0 bridgehead atoms. The number of rotatable bonds is 5. The van der Waals surface area contributed by atoms with Gasteiger partial charge >= 0.3 is 0 Å². The first kappa shape index (κ1) is 11.6. The SMILES string of the molecule is CCOCc1nc(C(C)C(C)N)cs1. The first-order chi connectivity index (χ1) is 6.65. The van der Waals surface area contributed by atoms with Crippen molar-refractivity contribution in [1.29, 1.82) is 0 Å². The van der Waals surface area contributed by atoms with Crippen molar-refractivity contribution in [2.24, 2.45) is 5.73 Å². The zero-order valence-electron chi connectivity index (χ0n) is 8.99. The van der Waals surface area contributed by atoms with Crippen LogP contribution >= 0.6 is 11.3 Å². The van der Waals surface area contributed by atoms with Crippen molar-refractivity contribution in [1.82, 2.24) is 4.98 Å². The summed E-state index contributed by atoms with van der Waals surface area (Å²) >= 11 is 1.64. The highest BCUT2D eigenvalue weighted by Gasteiger charge is 2.13. The van der Waals surface area contributed by atoms with E-state index in [0.717, 1.165) is 17.3 Å². The molecule has 2 N–H and O–H groups in total. The molecule has 3 nitrogen and oxygen atoms in total. The van der Waals surface area contributed by atoms with Gasteiger partial charge in [-0.15, -0.1) is 11.3 Å². The molecule has 80 valence electrons. The summed E-state index contributed by atoms with van der Waals surface area (Å²) in [5.41, 5.74) is 6.89. The van der Waals surface area contributed by atoms with Gasteiger partial charge in [0.25, 0.3) is 0 Å². The van der Waals surface area contributed by atoms with Gasteiger partial charge in [0.15, 0.2) is 0 Å². The number of ether oxygens (including phenoxy) is 1. The third-order valence-electron chi connectivity index (χ3n) is 2.25. The van der Waals surface area contributed by atoms with Crippen LogP contribution in [-0.4, -0.2) is 17.6 Å². The van der Waals surface area contributed by atoms with Gasteiger partial charge < -0.3 is 10.5 Å². The fourth-order valence-electron chi connectivity index (χ4n) is 1.06. The van der Waals surface area contributed by atoms with Crippen LogP contribution in [0.15, 0.2) is 5.38 Å². The fraction of sp³-hybridized carbons (Fsp3) is 0.700. The van der Waals surface area contributed by atoms with Crippen LogP contribution in [0.2, 0.25) is 0 Å². The maximum Gasteiger partial charge on any atom is 0.119 e. The highest BCUT2D eigenvalue weighted by Crippen LogP contribution is 2.20. The van der Waals surface area contributed by atoms with Gasteiger partial charge in [0, 0.05) is 23.9 Å². The van der Waals surface area contributed by atoms with Crippen molar-refractivity contribution in [3.63, 3.8) is 0 Å². The van der Waals surface area contributed by atoms with Crippen LogP contribution in [0.3, 0.4) is 0 Å². The van der Waals surface area contributed by atoms with Crippen molar-refractivity contribution in [2.75, 3.05) is 6.61 Å². The second-order valence-corrected chi connectivity index (χ2v) is 4.39. The first-order valence-electron chi connectivity index (χ1n) is 4.92. The zero-order valence-corrected chi connectivity index (χ0v) is 9.80. The smallest absolute Gasteiger partial charge is 0.119 e. The Morgan fingerprint density at radius 3 is 2.86 bits per heavy atom. The number of hydrogen-bond donors (Lipinski definition) is 1. The molecule has 0 spiro atoms. The molecule has 0 radical (unpaired) electrons. The summed E-state index contributed by atoms with van der Waals surface area (Å²) in [5.74, 6) is 0.321. The molecule has 0 aliphatic rings. The van der Waals surface area contributed by atoms with Gasteiger partial charge in [-0.05, 0) is 13.8 Å². The molecule has 1 aromatic rings. The minimum atomic E-state index is 0.150. The molecule has 1 heterocycles. The lowest BCUT2D eigenvalue weighted by molar-refractivity contribution is 0.133. The lowest BCUT2D eigenvalue weighted by Crippen LogP contribution is -2.22. The molecule has 2 atom stereocenters. The summed E-state index contributed by atoms with van der Waals surface area (Å²) < 4.78 is 5.29. The van der Waals surface area contributed by atoms with Crippen molar-refractivity contribution < 1.29 is 4.74 Å². The monoisotopic (exact) mass is 214 g/mol. The highest BCUT2D eigenvalue weighted by atomic mass is 32.1. The number of thiazole rings is 1. The Morgan fingerprint density at radius 2 is 2.29 bits per heavy atom. The summed E-state index contributed by atoms with van der Waals surface area (Å²) in [6.45, 7) is 7.44. The van der Waals surface area contributed by atoms with E-state index in [0.29, 0.717) is 12.5 Å². The van der Waals surface area contributed by atoms with Gasteiger partial charge in [-0.1, -0.05) is 6.92 Å². The topological polar surface area (TPSA) is 48.1 Å². The maximum atomic E-state index is 5.81. The van der Waals surface area contributed by atoms with E-state index in [2.05, 4.69) is 17.3 Å². The molecule has 0 aliphatic carbocycles. The van der Waals surface area contributed by atoms with Crippen LogP contribution in [0.1, 0.15) is 37.4 Å². The van der Waals surface area contributed by atoms with Crippen LogP contribution < -0.4 is 5.73 Å². The molecule has 0 saturated heterocycles. The molecule has 0 aromatic carbocycles. The number of aromatic nitrogens is 1. The molecule has 14 heavy (non-hydrogen) atoms. The van der Waals surface area contributed by atoms with E-state index < -0.39 is 0 Å². The quantitative estimate of drug-likeness (QED) is 0.817. The first-order valence-corrected chi connectivity index (χ1v) is 5.80. The Morgan fingerprint density at radius 1 is 1.57 bits per heavy atom. The van der Waals surface area contributed by atoms with Gasteiger partial charge in [-0.2, -0.15) is 0 Å². The molecule has 0 aliphatic heterocycles. The highest BCUT2D eigenvalue weighted by molar-refractivity contribution is 7.09. The van der Waals surface area contributed by atoms with Crippen molar-refractivity contribution >= 4 is 11.3 Å². The van der Waals surface area contributed by atoms with Crippen LogP contribution in [-0.2, 0) is 11.3 Å². The molecule has 0 fully saturated rings. The van der Waals surface area contributed by atoms with Crippen LogP contribution in [0.5, 0.6) is 0 Å². The summed E-state index contributed by atoms with van der Waals surface area (Å²) in [7, 11) is 0. The van der Waals surface area contributed by atoms with Crippen LogP contribution in [0.25, 0.3) is 0 Å². The number of nitrogens with two attached hydrogens (primary N) is 1. The molecular weight excluding hydrogens is 196 g/mol. The van der Waals surface area contributed by atoms with Crippen molar-refractivity contribution in [3.05, 3.63) is 16.1 Å². The average Bonchev–Trinajstić information content (AvgIpc) is 2.61. The summed E-state index contributed by atoms with van der Waals surface area (Å²) in [4.78, 5) is 4.48. The minimum Gasteiger partial charge on any atom is -0.375 e. The largest absolute Gasteiger partial charge is 0.375 e. The van der Waals surface area contributed by atoms with E-state index in [1.165, 1.54) is 0 Å². The molecule has 2 unspecified atom stereocenters.